The Morgan fingerprint density at radius 1 is 1.04 bits per heavy atom. The summed E-state index contributed by atoms with van der Waals surface area (Å²) in [5, 5.41) is 20.5. The second kappa shape index (κ2) is 7.27. The van der Waals surface area contributed by atoms with Crippen LogP contribution in [0.25, 0.3) is 5.76 Å². The van der Waals surface area contributed by atoms with E-state index in [0.717, 1.165) is 5.56 Å². The molecular formula is C22H23NO4. The van der Waals surface area contributed by atoms with Crippen LogP contribution in [0, 0.1) is 12.8 Å². The van der Waals surface area contributed by atoms with Crippen molar-refractivity contribution in [3.05, 3.63) is 70.8 Å². The van der Waals surface area contributed by atoms with Crippen LogP contribution >= 0.6 is 0 Å². The molecule has 2 N–H and O–H groups in total. The van der Waals surface area contributed by atoms with E-state index in [1.807, 2.05) is 32.9 Å². The van der Waals surface area contributed by atoms with Gasteiger partial charge in [0, 0.05) is 12.1 Å². The number of amides is 1. The van der Waals surface area contributed by atoms with E-state index in [1.165, 1.54) is 17.0 Å². The monoisotopic (exact) mass is 365 g/mol. The third-order valence-electron chi connectivity index (χ3n) is 4.64. The zero-order chi connectivity index (χ0) is 19.7. The summed E-state index contributed by atoms with van der Waals surface area (Å²) in [5.74, 6) is -1.24. The molecule has 1 atom stereocenters. The Balaban J connectivity index is 2.17. The average Bonchev–Trinajstić information content (AvgIpc) is 2.87. The summed E-state index contributed by atoms with van der Waals surface area (Å²) in [6, 6.07) is 12.8. The summed E-state index contributed by atoms with van der Waals surface area (Å²) in [5.41, 5.74) is 2.27. The Kier molecular flexibility index (Phi) is 5.04. The lowest BCUT2D eigenvalue weighted by Gasteiger charge is -2.26. The minimum atomic E-state index is -0.688. The molecule has 140 valence electrons. The number of nitrogens with zero attached hydrogens (tertiary/aromatic N) is 1. The molecule has 1 amide bonds. The van der Waals surface area contributed by atoms with Crippen molar-refractivity contribution in [1.29, 1.82) is 0 Å². The molecular weight excluding hydrogens is 342 g/mol. The molecule has 0 aliphatic carbocycles. The molecule has 0 unspecified atom stereocenters. The Labute approximate surface area is 158 Å². The van der Waals surface area contributed by atoms with Crippen molar-refractivity contribution < 1.29 is 19.8 Å². The molecule has 0 aromatic heterocycles. The van der Waals surface area contributed by atoms with Crippen molar-refractivity contribution in [2.75, 3.05) is 6.54 Å². The lowest BCUT2D eigenvalue weighted by Crippen LogP contribution is -2.33. The van der Waals surface area contributed by atoms with Gasteiger partial charge in [0.25, 0.3) is 11.7 Å². The lowest BCUT2D eigenvalue weighted by molar-refractivity contribution is -0.140. The van der Waals surface area contributed by atoms with Gasteiger partial charge in [0.1, 0.15) is 11.5 Å². The van der Waals surface area contributed by atoms with Crippen LogP contribution in [0.3, 0.4) is 0 Å². The highest BCUT2D eigenvalue weighted by atomic mass is 16.3. The van der Waals surface area contributed by atoms with E-state index in [0.29, 0.717) is 17.7 Å². The number of rotatable bonds is 4. The Morgan fingerprint density at radius 2 is 1.63 bits per heavy atom. The van der Waals surface area contributed by atoms with Gasteiger partial charge in [-0.15, -0.1) is 0 Å². The van der Waals surface area contributed by atoms with Crippen LogP contribution in [-0.4, -0.2) is 33.3 Å². The first-order valence-corrected chi connectivity index (χ1v) is 8.94. The van der Waals surface area contributed by atoms with Crippen molar-refractivity contribution in [3.8, 4) is 5.75 Å². The summed E-state index contributed by atoms with van der Waals surface area (Å²) in [6.07, 6.45) is 0. The number of aromatic hydroxyl groups is 1. The maximum absolute atomic E-state index is 12.8. The van der Waals surface area contributed by atoms with Gasteiger partial charge < -0.3 is 15.1 Å². The highest BCUT2D eigenvalue weighted by molar-refractivity contribution is 6.46. The number of phenols is 1. The van der Waals surface area contributed by atoms with Gasteiger partial charge in [0.15, 0.2) is 0 Å². The third kappa shape index (κ3) is 3.58. The van der Waals surface area contributed by atoms with E-state index >= 15 is 0 Å². The van der Waals surface area contributed by atoms with Crippen molar-refractivity contribution in [2.24, 2.45) is 5.92 Å². The van der Waals surface area contributed by atoms with E-state index < -0.39 is 17.7 Å². The van der Waals surface area contributed by atoms with Crippen LogP contribution in [0.15, 0.2) is 54.1 Å². The van der Waals surface area contributed by atoms with E-state index in [4.69, 9.17) is 0 Å². The molecule has 1 saturated heterocycles. The van der Waals surface area contributed by atoms with Crippen LogP contribution in [0.1, 0.15) is 36.6 Å². The minimum Gasteiger partial charge on any atom is -0.508 e. The van der Waals surface area contributed by atoms with Crippen LogP contribution in [0.2, 0.25) is 0 Å². The number of likely N-dealkylation sites (tertiary alicyclic amines) is 1. The first kappa shape index (κ1) is 18.7. The minimum absolute atomic E-state index is 0.0789. The van der Waals surface area contributed by atoms with Gasteiger partial charge in [-0.1, -0.05) is 55.8 Å². The van der Waals surface area contributed by atoms with Gasteiger partial charge in [0.05, 0.1) is 11.6 Å². The second-order valence-electron chi connectivity index (χ2n) is 7.30. The molecule has 27 heavy (non-hydrogen) atoms. The standard InChI is InChI=1S/C22H23NO4/c1-13(2)12-23-19(15-8-10-17(24)11-9-15)18(21(26)22(23)27)20(25)16-6-4-14(3)5-7-16/h4-11,13,19,24-25H,12H2,1-3H3/t19-/m0/s1. The summed E-state index contributed by atoms with van der Waals surface area (Å²) in [7, 11) is 0. The summed E-state index contributed by atoms with van der Waals surface area (Å²) in [4.78, 5) is 26.9. The third-order valence-corrected chi connectivity index (χ3v) is 4.64. The van der Waals surface area contributed by atoms with Gasteiger partial charge in [-0.25, -0.2) is 0 Å². The number of hydrogen-bond donors (Lipinski definition) is 2. The van der Waals surface area contributed by atoms with Crippen molar-refractivity contribution >= 4 is 17.4 Å². The predicted octanol–water partition coefficient (Wildman–Crippen LogP) is 3.78. The van der Waals surface area contributed by atoms with Crippen LogP contribution < -0.4 is 0 Å². The molecule has 0 spiro atoms. The molecule has 1 fully saturated rings. The number of benzene rings is 2. The van der Waals surface area contributed by atoms with Gasteiger partial charge in [-0.3, -0.25) is 9.59 Å². The Bertz CT molecular complexity index is 895. The number of aliphatic hydroxyl groups is 1. The quantitative estimate of drug-likeness (QED) is 0.491. The largest absolute Gasteiger partial charge is 0.508 e. The van der Waals surface area contributed by atoms with Crippen LogP contribution in [0.5, 0.6) is 5.75 Å². The van der Waals surface area contributed by atoms with E-state index in [2.05, 4.69) is 0 Å². The van der Waals surface area contributed by atoms with Gasteiger partial charge in [0.2, 0.25) is 0 Å². The molecule has 0 saturated carbocycles. The van der Waals surface area contributed by atoms with Gasteiger partial charge in [-0.2, -0.15) is 0 Å². The molecule has 5 heteroatoms. The topological polar surface area (TPSA) is 77.8 Å². The number of aliphatic hydroxyl groups excluding tert-OH is 1. The van der Waals surface area contributed by atoms with Crippen molar-refractivity contribution in [2.45, 2.75) is 26.8 Å². The molecule has 1 aliphatic heterocycles. The SMILES string of the molecule is Cc1ccc(C(O)=C2C(=O)C(=O)N(CC(C)C)[C@H]2c2ccc(O)cc2)cc1. The molecule has 2 aromatic rings. The first-order valence-electron chi connectivity index (χ1n) is 8.94. The average molecular weight is 365 g/mol. The number of aryl methyl sites for hydroxylation is 1. The van der Waals surface area contributed by atoms with Gasteiger partial charge >= 0.3 is 0 Å². The number of phenolic OH excluding ortho intramolecular Hbond substituents is 1. The number of Topliss-reactive ketones (excluding diaryl/α,β-unsaturated/α-hetero) is 1. The second-order valence-corrected chi connectivity index (χ2v) is 7.30. The zero-order valence-corrected chi connectivity index (χ0v) is 15.6. The maximum atomic E-state index is 12.8. The van der Waals surface area contributed by atoms with Crippen LogP contribution in [0.4, 0.5) is 0 Å². The van der Waals surface area contributed by atoms with Crippen molar-refractivity contribution in [1.82, 2.24) is 4.90 Å². The Hall–Kier alpha value is -3.08. The molecule has 1 aliphatic rings. The zero-order valence-electron chi connectivity index (χ0n) is 15.6. The lowest BCUT2D eigenvalue weighted by atomic mass is 9.94. The smallest absolute Gasteiger partial charge is 0.295 e. The number of carbonyl (C=O) groups excluding carboxylic acids is 2. The van der Waals surface area contributed by atoms with E-state index in [-0.39, 0.29) is 23.0 Å². The predicted molar refractivity (Wildman–Crippen MR) is 103 cm³/mol. The fraction of sp³-hybridized carbons (Fsp3) is 0.273. The Morgan fingerprint density at radius 3 is 2.19 bits per heavy atom. The number of carbonyl (C=O) groups is 2. The fourth-order valence-corrected chi connectivity index (χ4v) is 3.33. The molecule has 5 nitrogen and oxygen atoms in total. The molecule has 2 aromatic carbocycles. The fourth-order valence-electron chi connectivity index (χ4n) is 3.33. The summed E-state index contributed by atoms with van der Waals surface area (Å²) >= 11 is 0. The maximum Gasteiger partial charge on any atom is 0.295 e. The number of hydrogen-bond acceptors (Lipinski definition) is 4. The molecule has 1 heterocycles. The molecule has 0 bridgehead atoms. The highest BCUT2D eigenvalue weighted by Gasteiger charge is 2.46. The first-order chi connectivity index (χ1) is 12.8. The van der Waals surface area contributed by atoms with Crippen LogP contribution in [-0.2, 0) is 9.59 Å². The van der Waals surface area contributed by atoms with E-state index in [9.17, 15) is 19.8 Å². The molecule has 3 rings (SSSR count). The van der Waals surface area contributed by atoms with Gasteiger partial charge in [-0.05, 0) is 30.5 Å². The summed E-state index contributed by atoms with van der Waals surface area (Å²) in [6.45, 7) is 6.25. The number of ketones is 1. The normalized spacial score (nSPS) is 19.1. The summed E-state index contributed by atoms with van der Waals surface area (Å²) < 4.78 is 0. The molecule has 0 radical (unpaired) electrons. The van der Waals surface area contributed by atoms with Crippen molar-refractivity contribution in [3.63, 3.8) is 0 Å². The highest BCUT2D eigenvalue weighted by Crippen LogP contribution is 2.40. The van der Waals surface area contributed by atoms with E-state index in [1.54, 1.807) is 24.3 Å².